The van der Waals surface area contributed by atoms with Gasteiger partial charge in [-0.05, 0) is 30.3 Å². The molecule has 0 saturated heterocycles. The van der Waals surface area contributed by atoms with E-state index in [1.54, 1.807) is 4.72 Å². The molecule has 8 heteroatoms. The van der Waals surface area contributed by atoms with E-state index in [4.69, 9.17) is 0 Å². The fourth-order valence-corrected chi connectivity index (χ4v) is 2.49. The van der Waals surface area contributed by atoms with Crippen molar-refractivity contribution in [1.29, 1.82) is 0 Å². The second kappa shape index (κ2) is 5.12. The van der Waals surface area contributed by atoms with Crippen molar-refractivity contribution in [3.63, 3.8) is 0 Å². The van der Waals surface area contributed by atoms with Crippen LogP contribution >= 0.6 is 0 Å². The first-order chi connectivity index (χ1) is 9.29. The molecule has 0 aliphatic carbocycles. The summed E-state index contributed by atoms with van der Waals surface area (Å²) in [5.74, 6) is -4.44. The van der Waals surface area contributed by atoms with Gasteiger partial charge in [-0.15, -0.1) is 0 Å². The highest BCUT2D eigenvalue weighted by Gasteiger charge is 2.18. The van der Waals surface area contributed by atoms with Gasteiger partial charge in [0.15, 0.2) is 11.6 Å². The zero-order valence-corrected chi connectivity index (χ0v) is 10.5. The number of rotatable bonds is 3. The molecule has 0 saturated carbocycles. The normalized spacial score (nSPS) is 11.4. The third kappa shape index (κ3) is 2.90. The van der Waals surface area contributed by atoms with Gasteiger partial charge in [-0.1, -0.05) is 0 Å². The Morgan fingerprint density at radius 1 is 0.800 bits per heavy atom. The van der Waals surface area contributed by atoms with E-state index in [0.29, 0.717) is 18.2 Å². The molecule has 2 aromatic carbocycles. The van der Waals surface area contributed by atoms with Gasteiger partial charge in [0.1, 0.15) is 11.6 Å². The molecule has 0 unspecified atom stereocenters. The van der Waals surface area contributed by atoms with E-state index in [-0.39, 0.29) is 0 Å². The Hall–Kier alpha value is -2.09. The van der Waals surface area contributed by atoms with Crippen molar-refractivity contribution in [2.24, 2.45) is 0 Å². The van der Waals surface area contributed by atoms with Gasteiger partial charge < -0.3 is 0 Å². The van der Waals surface area contributed by atoms with Gasteiger partial charge in [0.05, 0.1) is 10.6 Å². The lowest BCUT2D eigenvalue weighted by molar-refractivity contribution is 0.504. The van der Waals surface area contributed by atoms with Gasteiger partial charge in [-0.3, -0.25) is 4.72 Å². The monoisotopic (exact) mass is 305 g/mol. The Bertz CT molecular complexity index is 762. The van der Waals surface area contributed by atoms with E-state index in [0.717, 1.165) is 18.2 Å². The maximum Gasteiger partial charge on any atom is 0.262 e. The lowest BCUT2D eigenvalue weighted by atomic mass is 10.3. The standard InChI is InChI=1S/C12H7F4NO2S/c13-7-1-3-10(15)12(5-7)17-20(18,19)8-2-4-9(14)11(16)6-8/h1-6,17H. The second-order valence-corrected chi connectivity index (χ2v) is 5.49. The van der Waals surface area contributed by atoms with Crippen molar-refractivity contribution in [3.05, 3.63) is 59.7 Å². The summed E-state index contributed by atoms with van der Waals surface area (Å²) < 4.78 is 77.4. The van der Waals surface area contributed by atoms with Crippen molar-refractivity contribution in [1.82, 2.24) is 0 Å². The summed E-state index contributed by atoms with van der Waals surface area (Å²) in [5.41, 5.74) is -0.630. The Balaban J connectivity index is 2.40. The van der Waals surface area contributed by atoms with Crippen molar-refractivity contribution in [2.45, 2.75) is 4.90 Å². The molecule has 1 N–H and O–H groups in total. The van der Waals surface area contributed by atoms with E-state index < -0.39 is 43.9 Å². The zero-order valence-electron chi connectivity index (χ0n) is 9.70. The fraction of sp³-hybridized carbons (Fsp3) is 0. The highest BCUT2D eigenvalue weighted by atomic mass is 32.2. The zero-order chi connectivity index (χ0) is 14.9. The average Bonchev–Trinajstić information content (AvgIpc) is 2.36. The molecule has 0 bridgehead atoms. The highest BCUT2D eigenvalue weighted by molar-refractivity contribution is 7.92. The molecule has 0 amide bonds. The van der Waals surface area contributed by atoms with Crippen LogP contribution in [-0.2, 0) is 10.0 Å². The van der Waals surface area contributed by atoms with Gasteiger partial charge in [0.25, 0.3) is 10.0 Å². The Kier molecular flexibility index (Phi) is 3.67. The van der Waals surface area contributed by atoms with Crippen LogP contribution in [0.5, 0.6) is 0 Å². The molecule has 0 radical (unpaired) electrons. The van der Waals surface area contributed by atoms with Gasteiger partial charge in [-0.25, -0.2) is 26.0 Å². The highest BCUT2D eigenvalue weighted by Crippen LogP contribution is 2.21. The van der Waals surface area contributed by atoms with E-state index in [1.807, 2.05) is 0 Å². The van der Waals surface area contributed by atoms with Crippen LogP contribution in [0, 0.1) is 23.3 Å². The maximum absolute atomic E-state index is 13.3. The first-order valence-electron chi connectivity index (χ1n) is 5.22. The van der Waals surface area contributed by atoms with Crippen molar-refractivity contribution >= 4 is 15.7 Å². The average molecular weight is 305 g/mol. The van der Waals surface area contributed by atoms with Crippen LogP contribution in [0.25, 0.3) is 0 Å². The molecule has 0 atom stereocenters. The Labute approximate surface area is 111 Å². The number of benzene rings is 2. The van der Waals surface area contributed by atoms with Crippen molar-refractivity contribution in [3.8, 4) is 0 Å². The Morgan fingerprint density at radius 3 is 2.10 bits per heavy atom. The largest absolute Gasteiger partial charge is 0.277 e. The van der Waals surface area contributed by atoms with Gasteiger partial charge in [0.2, 0.25) is 0 Å². The molecular formula is C12H7F4NO2S. The van der Waals surface area contributed by atoms with Crippen LogP contribution in [0.1, 0.15) is 0 Å². The van der Waals surface area contributed by atoms with Crippen LogP contribution in [-0.4, -0.2) is 8.42 Å². The molecule has 2 aromatic rings. The topological polar surface area (TPSA) is 46.2 Å². The Morgan fingerprint density at radius 2 is 1.45 bits per heavy atom. The van der Waals surface area contributed by atoms with Crippen molar-refractivity contribution < 1.29 is 26.0 Å². The van der Waals surface area contributed by atoms with Crippen LogP contribution in [0.4, 0.5) is 23.2 Å². The minimum absolute atomic E-state index is 0.439. The molecule has 106 valence electrons. The van der Waals surface area contributed by atoms with E-state index in [1.165, 1.54) is 0 Å². The lowest BCUT2D eigenvalue weighted by Crippen LogP contribution is -2.14. The van der Waals surface area contributed by atoms with Crippen LogP contribution < -0.4 is 4.72 Å². The molecule has 3 nitrogen and oxygen atoms in total. The summed E-state index contributed by atoms with van der Waals surface area (Å²) in [6, 6.07) is 4.04. The molecule has 0 spiro atoms. The summed E-state index contributed by atoms with van der Waals surface area (Å²) in [5, 5.41) is 0. The molecule has 0 heterocycles. The second-order valence-electron chi connectivity index (χ2n) is 3.81. The van der Waals surface area contributed by atoms with Gasteiger partial charge in [-0.2, -0.15) is 0 Å². The van der Waals surface area contributed by atoms with Gasteiger partial charge >= 0.3 is 0 Å². The summed E-state index contributed by atoms with van der Waals surface area (Å²) in [6.45, 7) is 0. The number of nitrogens with one attached hydrogen (secondary N) is 1. The lowest BCUT2D eigenvalue weighted by Gasteiger charge is -2.09. The quantitative estimate of drug-likeness (QED) is 0.886. The summed E-state index contributed by atoms with van der Waals surface area (Å²) in [4.78, 5) is -0.611. The van der Waals surface area contributed by atoms with Gasteiger partial charge in [0, 0.05) is 6.07 Å². The number of anilines is 1. The molecule has 0 aliphatic heterocycles. The first kappa shape index (κ1) is 14.3. The van der Waals surface area contributed by atoms with Crippen LogP contribution in [0.15, 0.2) is 41.3 Å². The summed E-state index contributed by atoms with van der Waals surface area (Å²) >= 11 is 0. The van der Waals surface area contributed by atoms with Crippen molar-refractivity contribution in [2.75, 3.05) is 4.72 Å². The molecule has 0 aliphatic rings. The number of hydrogen-bond acceptors (Lipinski definition) is 2. The molecular weight excluding hydrogens is 298 g/mol. The smallest absolute Gasteiger partial charge is 0.262 e. The molecule has 2 rings (SSSR count). The predicted octanol–water partition coefficient (Wildman–Crippen LogP) is 3.04. The fourth-order valence-electron chi connectivity index (χ4n) is 1.42. The van der Waals surface area contributed by atoms with E-state index >= 15 is 0 Å². The third-order valence-corrected chi connectivity index (χ3v) is 3.74. The minimum atomic E-state index is -4.36. The number of halogens is 4. The SMILES string of the molecule is O=S(=O)(Nc1cc(F)ccc1F)c1ccc(F)c(F)c1. The summed E-state index contributed by atoms with van der Waals surface area (Å²) in [7, 11) is -4.36. The molecule has 0 fully saturated rings. The van der Waals surface area contributed by atoms with E-state index in [2.05, 4.69) is 0 Å². The predicted molar refractivity (Wildman–Crippen MR) is 63.5 cm³/mol. The number of sulfonamides is 1. The van der Waals surface area contributed by atoms with Crippen LogP contribution in [0.2, 0.25) is 0 Å². The maximum atomic E-state index is 13.3. The molecule has 0 aromatic heterocycles. The first-order valence-corrected chi connectivity index (χ1v) is 6.71. The number of hydrogen-bond donors (Lipinski definition) is 1. The van der Waals surface area contributed by atoms with Crippen LogP contribution in [0.3, 0.4) is 0 Å². The van der Waals surface area contributed by atoms with E-state index in [9.17, 15) is 26.0 Å². The third-order valence-electron chi connectivity index (χ3n) is 2.37. The summed E-state index contributed by atoms with van der Waals surface area (Å²) in [6.07, 6.45) is 0. The molecule has 20 heavy (non-hydrogen) atoms. The minimum Gasteiger partial charge on any atom is -0.277 e.